The standard InChI is InChI=1S/C13H12BrN5O4/c1-6-4-7(14)2-3-9(6)19-11(21)8(5-16-18-12(15)22)10(20)17-13(19)23/h2-5,21H,1H3,(H3,15,18,22)(H,17,20,23). The molecule has 0 aliphatic heterocycles. The second kappa shape index (κ2) is 6.48. The second-order valence-corrected chi connectivity index (χ2v) is 5.41. The zero-order valence-corrected chi connectivity index (χ0v) is 13.4. The lowest BCUT2D eigenvalue weighted by atomic mass is 10.2. The molecule has 0 aliphatic carbocycles. The topological polar surface area (TPSA) is 143 Å². The molecule has 120 valence electrons. The van der Waals surface area contributed by atoms with E-state index >= 15 is 0 Å². The summed E-state index contributed by atoms with van der Waals surface area (Å²) in [6.45, 7) is 1.74. The van der Waals surface area contributed by atoms with Crippen molar-refractivity contribution in [3.63, 3.8) is 0 Å². The highest BCUT2D eigenvalue weighted by atomic mass is 79.9. The molecular formula is C13H12BrN5O4. The summed E-state index contributed by atoms with van der Waals surface area (Å²) in [6, 6.07) is 4.09. The van der Waals surface area contributed by atoms with Crippen LogP contribution < -0.4 is 22.4 Å². The van der Waals surface area contributed by atoms with Gasteiger partial charge in [-0.15, -0.1) is 0 Å². The van der Waals surface area contributed by atoms with Gasteiger partial charge in [0.15, 0.2) is 0 Å². The molecule has 2 aromatic rings. The lowest BCUT2D eigenvalue weighted by molar-refractivity contribution is 0.249. The van der Waals surface area contributed by atoms with Gasteiger partial charge in [-0.25, -0.2) is 19.6 Å². The predicted molar refractivity (Wildman–Crippen MR) is 87.1 cm³/mol. The van der Waals surface area contributed by atoms with Crippen LogP contribution in [0, 0.1) is 6.92 Å². The van der Waals surface area contributed by atoms with Crippen molar-refractivity contribution in [3.05, 3.63) is 54.6 Å². The summed E-state index contributed by atoms with van der Waals surface area (Å²) in [5, 5.41) is 13.7. The van der Waals surface area contributed by atoms with E-state index in [0.29, 0.717) is 11.3 Å². The fraction of sp³-hybridized carbons (Fsp3) is 0.0769. The molecule has 0 unspecified atom stereocenters. The van der Waals surface area contributed by atoms with Crippen LogP contribution in [-0.4, -0.2) is 26.9 Å². The van der Waals surface area contributed by atoms with Gasteiger partial charge in [-0.05, 0) is 30.7 Å². The minimum atomic E-state index is -0.936. The Bertz CT molecular complexity index is 916. The van der Waals surface area contributed by atoms with Gasteiger partial charge in [-0.2, -0.15) is 5.10 Å². The Hall–Kier alpha value is -2.88. The van der Waals surface area contributed by atoms with Crippen molar-refractivity contribution >= 4 is 28.2 Å². The van der Waals surface area contributed by atoms with Crippen molar-refractivity contribution in [2.75, 3.05) is 0 Å². The van der Waals surface area contributed by atoms with Crippen molar-refractivity contribution in [2.24, 2.45) is 10.8 Å². The van der Waals surface area contributed by atoms with Crippen LogP contribution in [0.2, 0.25) is 0 Å². The number of aromatic nitrogens is 2. The number of aryl methyl sites for hydroxylation is 1. The second-order valence-electron chi connectivity index (χ2n) is 4.50. The van der Waals surface area contributed by atoms with Crippen LogP contribution in [0.5, 0.6) is 5.88 Å². The number of H-pyrrole nitrogens is 1. The molecule has 0 fully saturated rings. The third-order valence-electron chi connectivity index (χ3n) is 2.89. The van der Waals surface area contributed by atoms with Gasteiger partial charge >= 0.3 is 11.7 Å². The Morgan fingerprint density at radius 1 is 1.48 bits per heavy atom. The van der Waals surface area contributed by atoms with Crippen molar-refractivity contribution < 1.29 is 9.90 Å². The number of carbonyl (C=O) groups is 1. The van der Waals surface area contributed by atoms with Gasteiger partial charge in [-0.3, -0.25) is 9.78 Å². The molecule has 1 aromatic carbocycles. The Morgan fingerprint density at radius 2 is 2.17 bits per heavy atom. The molecule has 1 aromatic heterocycles. The van der Waals surface area contributed by atoms with Gasteiger partial charge in [0.1, 0.15) is 5.56 Å². The number of halogens is 1. The molecule has 23 heavy (non-hydrogen) atoms. The highest BCUT2D eigenvalue weighted by Crippen LogP contribution is 2.22. The third-order valence-corrected chi connectivity index (χ3v) is 3.38. The summed E-state index contributed by atoms with van der Waals surface area (Å²) < 4.78 is 1.72. The summed E-state index contributed by atoms with van der Waals surface area (Å²) in [6.07, 6.45) is 0.892. The largest absolute Gasteiger partial charge is 0.493 e. The average Bonchev–Trinajstić information content (AvgIpc) is 2.44. The van der Waals surface area contributed by atoms with Crippen molar-refractivity contribution in [3.8, 4) is 11.6 Å². The lowest BCUT2D eigenvalue weighted by Gasteiger charge is -2.12. The molecule has 2 rings (SSSR count). The first-order valence-electron chi connectivity index (χ1n) is 6.24. The van der Waals surface area contributed by atoms with Gasteiger partial charge in [0, 0.05) is 4.47 Å². The van der Waals surface area contributed by atoms with E-state index in [-0.39, 0.29) is 5.56 Å². The maximum Gasteiger partial charge on any atom is 0.335 e. The Morgan fingerprint density at radius 3 is 2.78 bits per heavy atom. The smallest absolute Gasteiger partial charge is 0.335 e. The Kier molecular flexibility index (Phi) is 4.65. The Balaban J connectivity index is 2.66. The third kappa shape index (κ3) is 3.48. The number of aromatic amines is 1. The zero-order valence-electron chi connectivity index (χ0n) is 11.8. The van der Waals surface area contributed by atoms with Gasteiger partial charge in [0.05, 0.1) is 11.9 Å². The van der Waals surface area contributed by atoms with Gasteiger partial charge in [0.25, 0.3) is 5.56 Å². The van der Waals surface area contributed by atoms with E-state index in [1.54, 1.807) is 25.1 Å². The molecule has 1 heterocycles. The first kappa shape index (κ1) is 16.5. The number of aromatic hydroxyl groups is 1. The molecule has 9 nitrogen and oxygen atoms in total. The number of urea groups is 1. The van der Waals surface area contributed by atoms with Crippen LogP contribution in [0.25, 0.3) is 5.69 Å². The fourth-order valence-corrected chi connectivity index (χ4v) is 2.38. The number of hydrogen-bond donors (Lipinski definition) is 4. The van der Waals surface area contributed by atoms with E-state index in [4.69, 9.17) is 5.73 Å². The van der Waals surface area contributed by atoms with Crippen LogP contribution >= 0.6 is 15.9 Å². The molecule has 2 amide bonds. The quantitative estimate of drug-likeness (QED) is 0.447. The molecule has 0 atom stereocenters. The maximum atomic E-state index is 12.0. The maximum absolute atomic E-state index is 12.0. The van der Waals surface area contributed by atoms with Gasteiger partial charge in [0.2, 0.25) is 5.88 Å². The van der Waals surface area contributed by atoms with Crippen LogP contribution in [0.3, 0.4) is 0 Å². The number of benzene rings is 1. The molecular weight excluding hydrogens is 370 g/mol. The van der Waals surface area contributed by atoms with E-state index in [1.807, 2.05) is 5.43 Å². The fourth-order valence-electron chi connectivity index (χ4n) is 1.91. The van der Waals surface area contributed by atoms with E-state index in [2.05, 4.69) is 26.0 Å². The average molecular weight is 382 g/mol. The number of nitrogens with one attached hydrogen (secondary N) is 2. The molecule has 5 N–H and O–H groups in total. The number of nitrogens with zero attached hydrogens (tertiary/aromatic N) is 2. The van der Waals surface area contributed by atoms with Gasteiger partial charge < -0.3 is 10.8 Å². The lowest BCUT2D eigenvalue weighted by Crippen LogP contribution is -2.32. The number of amides is 2. The van der Waals surface area contributed by atoms with E-state index in [0.717, 1.165) is 15.3 Å². The number of carbonyl (C=O) groups excluding carboxylic acids is 1. The van der Waals surface area contributed by atoms with Crippen LogP contribution in [0.15, 0.2) is 37.4 Å². The van der Waals surface area contributed by atoms with Crippen LogP contribution in [0.4, 0.5) is 4.79 Å². The molecule has 0 spiro atoms. The summed E-state index contributed by atoms with van der Waals surface area (Å²) in [4.78, 5) is 36.5. The molecule has 0 bridgehead atoms. The highest BCUT2D eigenvalue weighted by molar-refractivity contribution is 9.10. The Labute approximate surface area is 137 Å². The van der Waals surface area contributed by atoms with Crippen molar-refractivity contribution in [1.82, 2.24) is 15.0 Å². The minimum absolute atomic E-state index is 0.305. The number of hydrogen-bond acceptors (Lipinski definition) is 5. The number of hydrazone groups is 1. The molecule has 0 aliphatic rings. The first-order chi connectivity index (χ1) is 10.8. The minimum Gasteiger partial charge on any atom is -0.493 e. The van der Waals surface area contributed by atoms with E-state index < -0.39 is 23.2 Å². The number of rotatable bonds is 3. The normalized spacial score (nSPS) is 10.9. The summed E-state index contributed by atoms with van der Waals surface area (Å²) in [5.74, 6) is -0.612. The summed E-state index contributed by atoms with van der Waals surface area (Å²) in [5.41, 5.74) is 5.83. The first-order valence-corrected chi connectivity index (χ1v) is 7.04. The predicted octanol–water partition coefficient (Wildman–Crippen LogP) is 0.305. The van der Waals surface area contributed by atoms with E-state index in [9.17, 15) is 19.5 Å². The highest BCUT2D eigenvalue weighted by Gasteiger charge is 2.15. The van der Waals surface area contributed by atoms with E-state index in [1.165, 1.54) is 0 Å². The number of primary amides is 1. The summed E-state index contributed by atoms with van der Waals surface area (Å²) in [7, 11) is 0. The zero-order chi connectivity index (χ0) is 17.1. The SMILES string of the molecule is Cc1cc(Br)ccc1-n1c(O)c(C=NNC(N)=O)c(=O)[nH]c1=O. The number of nitrogens with two attached hydrogens (primary N) is 1. The summed E-state index contributed by atoms with van der Waals surface area (Å²) >= 11 is 3.30. The van der Waals surface area contributed by atoms with Crippen molar-refractivity contribution in [1.29, 1.82) is 0 Å². The van der Waals surface area contributed by atoms with Gasteiger partial charge in [-0.1, -0.05) is 15.9 Å². The van der Waals surface area contributed by atoms with Crippen LogP contribution in [0.1, 0.15) is 11.1 Å². The van der Waals surface area contributed by atoms with Crippen molar-refractivity contribution in [2.45, 2.75) is 6.92 Å². The molecule has 0 saturated heterocycles. The van der Waals surface area contributed by atoms with Crippen LogP contribution in [-0.2, 0) is 0 Å². The molecule has 0 saturated carbocycles. The molecule has 10 heteroatoms. The molecule has 0 radical (unpaired) electrons. The monoisotopic (exact) mass is 381 g/mol.